The molecule has 0 atom stereocenters. The van der Waals surface area contributed by atoms with Crippen LogP contribution in [0.4, 0.5) is 0 Å². The first-order valence-corrected chi connectivity index (χ1v) is 4.47. The number of hydrogen-bond acceptors (Lipinski definition) is 3. The van der Waals surface area contributed by atoms with E-state index in [1.807, 2.05) is 0 Å². The predicted octanol–water partition coefficient (Wildman–Crippen LogP) is -0.0332. The molecule has 0 saturated heterocycles. The first kappa shape index (κ1) is 11.2. The van der Waals surface area contributed by atoms with E-state index in [0.29, 0.717) is 5.69 Å². The Balaban J connectivity index is 2.57. The van der Waals surface area contributed by atoms with Crippen molar-refractivity contribution >= 4 is 11.9 Å². The third-order valence-electron chi connectivity index (χ3n) is 1.94. The predicted molar refractivity (Wildman–Crippen MR) is 52.4 cm³/mol. The normalized spacial score (nSPS) is 10.0. The molecule has 15 heavy (non-hydrogen) atoms. The summed E-state index contributed by atoms with van der Waals surface area (Å²) < 4.78 is 1.53. The van der Waals surface area contributed by atoms with Crippen molar-refractivity contribution in [1.29, 1.82) is 0 Å². The molecule has 0 unspecified atom stereocenters. The average molecular weight is 211 g/mol. The number of amides is 1. The highest BCUT2D eigenvalue weighted by Gasteiger charge is 2.14. The Hall–Kier alpha value is -1.85. The average Bonchev–Trinajstić information content (AvgIpc) is 2.60. The van der Waals surface area contributed by atoms with Crippen molar-refractivity contribution in [1.82, 2.24) is 14.7 Å². The van der Waals surface area contributed by atoms with Crippen LogP contribution < -0.4 is 0 Å². The summed E-state index contributed by atoms with van der Waals surface area (Å²) in [6.07, 6.45) is 1.60. The van der Waals surface area contributed by atoms with Crippen LogP contribution in [-0.2, 0) is 11.8 Å². The second kappa shape index (κ2) is 4.59. The summed E-state index contributed by atoms with van der Waals surface area (Å²) in [5, 5.41) is 12.4. The first-order chi connectivity index (χ1) is 7.00. The number of nitrogens with zero attached hydrogens (tertiary/aromatic N) is 3. The van der Waals surface area contributed by atoms with Crippen LogP contribution in [0.2, 0.25) is 0 Å². The van der Waals surface area contributed by atoms with Crippen molar-refractivity contribution in [2.45, 2.75) is 6.42 Å². The molecule has 0 aromatic carbocycles. The molecule has 0 bridgehead atoms. The van der Waals surface area contributed by atoms with Gasteiger partial charge < -0.3 is 10.0 Å². The lowest BCUT2D eigenvalue weighted by molar-refractivity contribution is -0.137. The molecule has 6 nitrogen and oxygen atoms in total. The largest absolute Gasteiger partial charge is 0.481 e. The van der Waals surface area contributed by atoms with Crippen LogP contribution in [0, 0.1) is 0 Å². The zero-order valence-electron chi connectivity index (χ0n) is 8.67. The quantitative estimate of drug-likeness (QED) is 0.758. The number of carboxylic acid groups (broad SMARTS) is 1. The third kappa shape index (κ3) is 3.08. The van der Waals surface area contributed by atoms with Gasteiger partial charge in [-0.15, -0.1) is 0 Å². The van der Waals surface area contributed by atoms with E-state index in [-0.39, 0.29) is 18.9 Å². The van der Waals surface area contributed by atoms with Gasteiger partial charge in [0.1, 0.15) is 5.69 Å². The molecular formula is C9H13N3O3. The molecule has 0 saturated carbocycles. The Kier molecular flexibility index (Phi) is 3.43. The van der Waals surface area contributed by atoms with Crippen LogP contribution in [0.3, 0.4) is 0 Å². The van der Waals surface area contributed by atoms with Crippen LogP contribution in [-0.4, -0.2) is 45.3 Å². The molecule has 1 amide bonds. The molecule has 0 spiro atoms. The second-order valence-electron chi connectivity index (χ2n) is 3.25. The van der Waals surface area contributed by atoms with E-state index in [0.717, 1.165) is 0 Å². The number of aryl methyl sites for hydroxylation is 1. The van der Waals surface area contributed by atoms with Gasteiger partial charge in [-0.25, -0.2) is 0 Å². The lowest BCUT2D eigenvalue weighted by Crippen LogP contribution is -2.29. The van der Waals surface area contributed by atoms with Gasteiger partial charge >= 0.3 is 5.97 Å². The molecule has 0 aliphatic carbocycles. The molecule has 1 N–H and O–H groups in total. The molecule has 0 aliphatic rings. The second-order valence-corrected chi connectivity index (χ2v) is 3.25. The number of aromatic nitrogens is 2. The Labute approximate surface area is 87.1 Å². The summed E-state index contributed by atoms with van der Waals surface area (Å²) in [6.45, 7) is 0.185. The number of carbonyl (C=O) groups is 2. The minimum atomic E-state index is -0.921. The van der Waals surface area contributed by atoms with Crippen LogP contribution in [0.25, 0.3) is 0 Å². The number of hydrogen-bond donors (Lipinski definition) is 1. The molecule has 1 heterocycles. The summed E-state index contributed by atoms with van der Waals surface area (Å²) in [5.41, 5.74) is 0.324. The first-order valence-electron chi connectivity index (χ1n) is 4.47. The van der Waals surface area contributed by atoms with E-state index < -0.39 is 5.97 Å². The zero-order chi connectivity index (χ0) is 11.4. The van der Waals surface area contributed by atoms with Crippen molar-refractivity contribution in [3.8, 4) is 0 Å². The molecular weight excluding hydrogens is 198 g/mol. The molecule has 0 radical (unpaired) electrons. The molecule has 0 aliphatic heterocycles. The maximum absolute atomic E-state index is 11.6. The standard InChI is InChI=1S/C9H13N3O3/c1-11(5-4-8(13)14)9(15)7-3-6-12(2)10-7/h3,6H,4-5H2,1-2H3,(H,13,14). The molecule has 0 fully saturated rings. The van der Waals surface area contributed by atoms with E-state index in [1.165, 1.54) is 9.58 Å². The van der Waals surface area contributed by atoms with E-state index in [2.05, 4.69) is 5.10 Å². The third-order valence-corrected chi connectivity index (χ3v) is 1.94. The lowest BCUT2D eigenvalue weighted by atomic mass is 10.3. The fraction of sp³-hybridized carbons (Fsp3) is 0.444. The molecule has 1 aromatic rings. The Bertz CT molecular complexity index is 372. The number of rotatable bonds is 4. The Morgan fingerprint density at radius 2 is 2.27 bits per heavy atom. The highest BCUT2D eigenvalue weighted by atomic mass is 16.4. The van der Waals surface area contributed by atoms with Gasteiger partial charge in [0.05, 0.1) is 6.42 Å². The van der Waals surface area contributed by atoms with Crippen molar-refractivity contribution < 1.29 is 14.7 Å². The van der Waals surface area contributed by atoms with Crippen LogP contribution in [0.5, 0.6) is 0 Å². The smallest absolute Gasteiger partial charge is 0.305 e. The van der Waals surface area contributed by atoms with Crippen molar-refractivity contribution in [2.75, 3.05) is 13.6 Å². The minimum Gasteiger partial charge on any atom is -0.481 e. The van der Waals surface area contributed by atoms with E-state index in [9.17, 15) is 9.59 Å². The van der Waals surface area contributed by atoms with Crippen molar-refractivity contribution in [3.05, 3.63) is 18.0 Å². The minimum absolute atomic E-state index is 0.0604. The molecule has 1 aromatic heterocycles. The van der Waals surface area contributed by atoms with Gasteiger partial charge in [0.2, 0.25) is 0 Å². The number of aliphatic carboxylic acids is 1. The molecule has 6 heteroatoms. The summed E-state index contributed by atoms with van der Waals surface area (Å²) >= 11 is 0. The summed E-state index contributed by atoms with van der Waals surface area (Å²) in [6, 6.07) is 1.60. The van der Waals surface area contributed by atoms with Gasteiger partial charge in [0.15, 0.2) is 0 Å². The maximum Gasteiger partial charge on any atom is 0.305 e. The summed E-state index contributed by atoms with van der Waals surface area (Å²) in [4.78, 5) is 23.3. The zero-order valence-corrected chi connectivity index (χ0v) is 8.67. The highest BCUT2D eigenvalue weighted by Crippen LogP contribution is 2.00. The van der Waals surface area contributed by atoms with Crippen LogP contribution in [0.15, 0.2) is 12.3 Å². The molecule has 1 rings (SSSR count). The maximum atomic E-state index is 11.6. The topological polar surface area (TPSA) is 75.4 Å². The fourth-order valence-electron chi connectivity index (χ4n) is 1.09. The van der Waals surface area contributed by atoms with Gasteiger partial charge in [-0.05, 0) is 6.07 Å². The fourth-order valence-corrected chi connectivity index (χ4v) is 1.09. The monoisotopic (exact) mass is 211 g/mol. The highest BCUT2D eigenvalue weighted by molar-refractivity contribution is 5.92. The molecule has 82 valence electrons. The number of carboxylic acids is 1. The SMILES string of the molecule is CN(CCC(=O)O)C(=O)c1ccn(C)n1. The Morgan fingerprint density at radius 1 is 1.60 bits per heavy atom. The van der Waals surface area contributed by atoms with Crippen molar-refractivity contribution in [2.24, 2.45) is 7.05 Å². The van der Waals surface area contributed by atoms with Crippen LogP contribution in [0.1, 0.15) is 16.9 Å². The Morgan fingerprint density at radius 3 is 2.73 bits per heavy atom. The van der Waals surface area contributed by atoms with Gasteiger partial charge in [-0.2, -0.15) is 5.10 Å². The van der Waals surface area contributed by atoms with Crippen LogP contribution >= 0.6 is 0 Å². The van der Waals surface area contributed by atoms with Gasteiger partial charge in [-0.3, -0.25) is 14.3 Å². The van der Waals surface area contributed by atoms with E-state index in [4.69, 9.17) is 5.11 Å². The lowest BCUT2D eigenvalue weighted by Gasteiger charge is -2.13. The van der Waals surface area contributed by atoms with Crippen molar-refractivity contribution in [3.63, 3.8) is 0 Å². The van der Waals surface area contributed by atoms with E-state index in [1.54, 1.807) is 26.4 Å². The summed E-state index contributed by atoms with van der Waals surface area (Å²) in [7, 11) is 3.27. The summed E-state index contributed by atoms with van der Waals surface area (Å²) in [5.74, 6) is -1.19. The van der Waals surface area contributed by atoms with Gasteiger partial charge in [0, 0.05) is 26.8 Å². The van der Waals surface area contributed by atoms with Gasteiger partial charge in [-0.1, -0.05) is 0 Å². The van der Waals surface area contributed by atoms with Gasteiger partial charge in [0.25, 0.3) is 5.91 Å². The number of carbonyl (C=O) groups excluding carboxylic acids is 1. The van der Waals surface area contributed by atoms with E-state index >= 15 is 0 Å².